The van der Waals surface area contributed by atoms with E-state index in [0.717, 1.165) is 0 Å². The second kappa shape index (κ2) is 5.35. The predicted octanol–water partition coefficient (Wildman–Crippen LogP) is 1.32. The maximum Gasteiger partial charge on any atom is 0.255 e. The third-order valence-electron chi connectivity index (χ3n) is 1.33. The Morgan fingerprint density at radius 2 is 2.00 bits per heavy atom. The molecule has 0 aromatic carbocycles. The zero-order valence-corrected chi connectivity index (χ0v) is 7.94. The molecule has 1 unspecified atom stereocenters. The fourth-order valence-corrected chi connectivity index (χ4v) is 0.676. The number of alkyl halides is 2. The van der Waals surface area contributed by atoms with Crippen LogP contribution in [0.2, 0.25) is 0 Å². The van der Waals surface area contributed by atoms with E-state index < -0.39 is 24.1 Å². The minimum Gasteiger partial charge on any atom is -0.349 e. The van der Waals surface area contributed by atoms with Gasteiger partial charge in [0.15, 0.2) is 0 Å². The molecular formula is C7H13F2NOS. The van der Waals surface area contributed by atoms with Crippen LogP contribution in [0.1, 0.15) is 13.8 Å². The van der Waals surface area contributed by atoms with Crippen LogP contribution in [0.4, 0.5) is 8.78 Å². The summed E-state index contributed by atoms with van der Waals surface area (Å²) in [7, 11) is 0. The maximum atomic E-state index is 11.6. The van der Waals surface area contributed by atoms with Crippen molar-refractivity contribution in [3.63, 3.8) is 0 Å². The molecule has 0 spiro atoms. The summed E-state index contributed by atoms with van der Waals surface area (Å²) in [6.07, 6.45) is -2.50. The van der Waals surface area contributed by atoms with Crippen molar-refractivity contribution in [1.29, 1.82) is 0 Å². The molecule has 0 aromatic heterocycles. The number of nitrogens with one attached hydrogen (secondary N) is 1. The van der Waals surface area contributed by atoms with Gasteiger partial charge in [-0.25, -0.2) is 8.78 Å². The number of carbonyl (C=O) groups excluding carboxylic acids is 1. The van der Waals surface area contributed by atoms with Crippen molar-refractivity contribution in [2.45, 2.75) is 25.5 Å². The van der Waals surface area contributed by atoms with Crippen LogP contribution in [-0.2, 0) is 4.79 Å². The smallest absolute Gasteiger partial charge is 0.255 e. The normalized spacial score (nSPS) is 13.6. The lowest BCUT2D eigenvalue weighted by Gasteiger charge is -2.13. The van der Waals surface area contributed by atoms with Gasteiger partial charge in [0.2, 0.25) is 5.91 Å². The highest BCUT2D eigenvalue weighted by molar-refractivity contribution is 7.81. The van der Waals surface area contributed by atoms with E-state index in [1.807, 2.05) is 0 Å². The van der Waals surface area contributed by atoms with E-state index in [4.69, 9.17) is 0 Å². The van der Waals surface area contributed by atoms with Gasteiger partial charge in [0.25, 0.3) is 6.43 Å². The highest BCUT2D eigenvalue weighted by atomic mass is 32.1. The molecule has 0 aliphatic carbocycles. The highest BCUT2D eigenvalue weighted by Crippen LogP contribution is 2.08. The molecule has 2 nitrogen and oxygen atoms in total. The summed E-state index contributed by atoms with van der Waals surface area (Å²) in [5, 5.41) is 1.59. The van der Waals surface area contributed by atoms with Crippen LogP contribution < -0.4 is 5.32 Å². The van der Waals surface area contributed by atoms with Crippen LogP contribution in [0.15, 0.2) is 0 Å². The number of hydrogen-bond acceptors (Lipinski definition) is 2. The highest BCUT2D eigenvalue weighted by Gasteiger charge is 2.18. The van der Waals surface area contributed by atoms with E-state index in [0.29, 0.717) is 0 Å². The summed E-state index contributed by atoms with van der Waals surface area (Å²) < 4.78 is 23.2. The Balaban J connectivity index is 3.72. The average Bonchev–Trinajstić information content (AvgIpc) is 1.98. The fraction of sp³-hybridized carbons (Fsp3) is 0.857. The number of amides is 1. The van der Waals surface area contributed by atoms with E-state index in [2.05, 4.69) is 17.9 Å². The van der Waals surface area contributed by atoms with Crippen molar-refractivity contribution in [2.75, 3.05) is 6.54 Å². The first-order valence-electron chi connectivity index (χ1n) is 3.69. The van der Waals surface area contributed by atoms with Crippen molar-refractivity contribution in [2.24, 2.45) is 5.92 Å². The molecule has 0 aliphatic rings. The first-order valence-corrected chi connectivity index (χ1v) is 4.20. The second-order valence-corrected chi connectivity index (χ2v) is 3.38. The summed E-state index contributed by atoms with van der Waals surface area (Å²) in [5.41, 5.74) is 0. The van der Waals surface area contributed by atoms with E-state index in [1.165, 1.54) is 0 Å². The summed E-state index contributed by atoms with van der Waals surface area (Å²) >= 11 is 3.97. The summed E-state index contributed by atoms with van der Waals surface area (Å²) in [6, 6.07) is 0. The van der Waals surface area contributed by atoms with Gasteiger partial charge in [0, 0.05) is 0 Å². The van der Waals surface area contributed by atoms with Crippen molar-refractivity contribution in [1.82, 2.24) is 5.32 Å². The average molecular weight is 197 g/mol. The second-order valence-electron chi connectivity index (χ2n) is 2.83. The van der Waals surface area contributed by atoms with E-state index >= 15 is 0 Å². The first-order chi connectivity index (χ1) is 5.45. The molecule has 0 aromatic rings. The van der Waals surface area contributed by atoms with Crippen LogP contribution in [0.3, 0.4) is 0 Å². The largest absolute Gasteiger partial charge is 0.349 e. The SMILES string of the molecule is CC(C)C(S)C(=O)NCC(F)F. The van der Waals surface area contributed by atoms with E-state index in [9.17, 15) is 13.6 Å². The maximum absolute atomic E-state index is 11.6. The van der Waals surface area contributed by atoms with Gasteiger partial charge in [0.1, 0.15) is 0 Å². The fourth-order valence-electron chi connectivity index (χ4n) is 0.585. The number of rotatable bonds is 4. The van der Waals surface area contributed by atoms with Crippen LogP contribution in [-0.4, -0.2) is 24.1 Å². The minimum atomic E-state index is -2.50. The number of hydrogen-bond donors (Lipinski definition) is 2. The Kier molecular flexibility index (Phi) is 5.20. The van der Waals surface area contributed by atoms with Crippen LogP contribution in [0.25, 0.3) is 0 Å². The number of thiol groups is 1. The Labute approximate surface area is 76.1 Å². The van der Waals surface area contributed by atoms with Gasteiger partial charge in [-0.15, -0.1) is 0 Å². The zero-order chi connectivity index (χ0) is 9.72. The Bertz CT molecular complexity index is 152. The summed E-state index contributed by atoms with van der Waals surface area (Å²) in [6.45, 7) is 3.02. The van der Waals surface area contributed by atoms with Crippen molar-refractivity contribution >= 4 is 18.5 Å². The third-order valence-corrected chi connectivity index (χ3v) is 2.16. The van der Waals surface area contributed by atoms with Gasteiger partial charge in [-0.05, 0) is 5.92 Å². The first kappa shape index (κ1) is 11.7. The van der Waals surface area contributed by atoms with Gasteiger partial charge in [-0.1, -0.05) is 13.8 Å². The molecule has 5 heteroatoms. The Hall–Kier alpha value is -0.320. The predicted molar refractivity (Wildman–Crippen MR) is 46.6 cm³/mol. The lowest BCUT2D eigenvalue weighted by molar-refractivity contribution is -0.121. The molecule has 0 bridgehead atoms. The van der Waals surface area contributed by atoms with Crippen molar-refractivity contribution < 1.29 is 13.6 Å². The molecular weight excluding hydrogens is 184 g/mol. The summed E-state index contributed by atoms with van der Waals surface area (Å²) in [4.78, 5) is 11.0. The molecule has 0 heterocycles. The van der Waals surface area contributed by atoms with Crippen LogP contribution >= 0.6 is 12.6 Å². The molecule has 0 aliphatic heterocycles. The number of halogens is 2. The van der Waals surface area contributed by atoms with E-state index in [-0.39, 0.29) is 5.92 Å². The molecule has 72 valence electrons. The van der Waals surface area contributed by atoms with Gasteiger partial charge in [-0.2, -0.15) is 12.6 Å². The van der Waals surface area contributed by atoms with Gasteiger partial charge >= 0.3 is 0 Å². The lowest BCUT2D eigenvalue weighted by atomic mass is 10.1. The molecule has 1 N–H and O–H groups in total. The topological polar surface area (TPSA) is 29.1 Å². The van der Waals surface area contributed by atoms with Crippen molar-refractivity contribution in [3.05, 3.63) is 0 Å². The molecule has 0 rings (SSSR count). The quantitative estimate of drug-likeness (QED) is 0.654. The molecule has 12 heavy (non-hydrogen) atoms. The van der Waals surface area contributed by atoms with Crippen LogP contribution in [0.5, 0.6) is 0 Å². The Morgan fingerprint density at radius 3 is 2.33 bits per heavy atom. The van der Waals surface area contributed by atoms with E-state index in [1.54, 1.807) is 13.8 Å². The number of carbonyl (C=O) groups is 1. The molecule has 1 atom stereocenters. The van der Waals surface area contributed by atoms with Gasteiger partial charge in [-0.3, -0.25) is 4.79 Å². The third kappa shape index (κ3) is 4.54. The molecule has 0 radical (unpaired) electrons. The lowest BCUT2D eigenvalue weighted by Crippen LogP contribution is -2.37. The standard InChI is InChI=1S/C7H13F2NOS/c1-4(2)6(12)7(11)10-3-5(8)9/h4-6,12H,3H2,1-2H3,(H,10,11). The summed E-state index contributed by atoms with van der Waals surface area (Å²) in [5.74, 6) is -0.389. The molecule has 0 saturated carbocycles. The van der Waals surface area contributed by atoms with Gasteiger partial charge in [0.05, 0.1) is 11.8 Å². The zero-order valence-electron chi connectivity index (χ0n) is 7.05. The van der Waals surface area contributed by atoms with Crippen molar-refractivity contribution in [3.8, 4) is 0 Å². The molecule has 0 saturated heterocycles. The Morgan fingerprint density at radius 1 is 1.50 bits per heavy atom. The minimum absolute atomic E-state index is 0.0472. The monoisotopic (exact) mass is 197 g/mol. The van der Waals surface area contributed by atoms with Gasteiger partial charge < -0.3 is 5.32 Å². The molecule has 1 amide bonds. The molecule has 0 fully saturated rings. The van der Waals surface area contributed by atoms with Crippen LogP contribution in [0, 0.1) is 5.92 Å².